The van der Waals surface area contributed by atoms with E-state index in [1.807, 2.05) is 24.3 Å². The first-order valence-corrected chi connectivity index (χ1v) is 10.7. The molecule has 1 aliphatic rings. The van der Waals surface area contributed by atoms with Gasteiger partial charge in [0.1, 0.15) is 12.2 Å². The molecular weight excluding hydrogens is 541 g/mol. The number of benzene rings is 1. The van der Waals surface area contributed by atoms with E-state index in [1.165, 1.54) is 10.9 Å². The third-order valence-corrected chi connectivity index (χ3v) is 6.16. The number of rotatable bonds is 6. The summed E-state index contributed by atoms with van der Waals surface area (Å²) >= 11 is 8.39. The van der Waals surface area contributed by atoms with Crippen LogP contribution in [0.5, 0.6) is 0 Å². The summed E-state index contributed by atoms with van der Waals surface area (Å²) in [5.41, 5.74) is 7.00. The van der Waals surface area contributed by atoms with E-state index in [0.717, 1.165) is 9.13 Å². The predicted octanol–water partition coefficient (Wildman–Crippen LogP) is 0.984. The van der Waals surface area contributed by atoms with Gasteiger partial charge in [-0.3, -0.25) is 4.57 Å². The first-order valence-electron chi connectivity index (χ1n) is 9.26. The molecule has 2 aromatic heterocycles. The first-order chi connectivity index (χ1) is 14.9. The number of anilines is 1. The number of carbonyl (C=O) groups excluding carboxylic acids is 1. The summed E-state index contributed by atoms with van der Waals surface area (Å²) < 4.78 is 8.32. The van der Waals surface area contributed by atoms with Gasteiger partial charge in [0.25, 0.3) is 0 Å². The average molecular weight is 560 g/mol. The SMILES string of the molecule is NC(=O)N[C@H]1[C@@H](O)[C@H](n2cnc3c(NCc4ccccc4I)nc(Cl)nc32)O[C@@H]1CO. The molecule has 0 radical (unpaired) electrons. The van der Waals surface area contributed by atoms with Gasteiger partial charge in [-0.2, -0.15) is 9.97 Å². The Morgan fingerprint density at radius 1 is 1.35 bits per heavy atom. The molecule has 1 aliphatic heterocycles. The molecule has 1 aromatic carbocycles. The monoisotopic (exact) mass is 559 g/mol. The normalized spacial score (nSPS) is 23.2. The second-order valence-corrected chi connectivity index (χ2v) is 8.38. The van der Waals surface area contributed by atoms with E-state index in [0.29, 0.717) is 23.5 Å². The van der Waals surface area contributed by atoms with Crippen LogP contribution in [-0.4, -0.2) is 60.6 Å². The number of nitrogens with one attached hydrogen (secondary N) is 2. The molecular formula is C18H19ClIN7O4. The van der Waals surface area contributed by atoms with Crippen molar-refractivity contribution < 1.29 is 19.7 Å². The van der Waals surface area contributed by atoms with Crippen molar-refractivity contribution in [1.82, 2.24) is 24.8 Å². The quantitative estimate of drug-likeness (QED) is 0.221. The van der Waals surface area contributed by atoms with E-state index >= 15 is 0 Å². The molecule has 0 spiro atoms. The van der Waals surface area contributed by atoms with Gasteiger partial charge in [0.15, 0.2) is 23.2 Å². The summed E-state index contributed by atoms with van der Waals surface area (Å²) in [5.74, 6) is 0.423. The van der Waals surface area contributed by atoms with Gasteiger partial charge in [0.2, 0.25) is 5.28 Å². The smallest absolute Gasteiger partial charge is 0.312 e. The van der Waals surface area contributed by atoms with Gasteiger partial charge >= 0.3 is 6.03 Å². The highest BCUT2D eigenvalue weighted by Crippen LogP contribution is 2.33. The Morgan fingerprint density at radius 2 is 2.13 bits per heavy atom. The minimum atomic E-state index is -1.21. The van der Waals surface area contributed by atoms with Crippen LogP contribution in [0.4, 0.5) is 10.6 Å². The number of imidazole rings is 1. The number of nitrogens with two attached hydrogens (primary N) is 1. The molecule has 0 bridgehead atoms. The van der Waals surface area contributed by atoms with E-state index in [4.69, 9.17) is 22.1 Å². The molecule has 4 rings (SSSR count). The Bertz CT molecular complexity index is 1110. The van der Waals surface area contributed by atoms with Crippen LogP contribution in [0.3, 0.4) is 0 Å². The number of aliphatic hydroxyl groups is 2. The molecule has 1 saturated heterocycles. The predicted molar refractivity (Wildman–Crippen MR) is 120 cm³/mol. The van der Waals surface area contributed by atoms with Crippen LogP contribution in [0.2, 0.25) is 5.28 Å². The zero-order chi connectivity index (χ0) is 22.1. The number of carbonyl (C=O) groups is 1. The summed E-state index contributed by atoms with van der Waals surface area (Å²) in [6.45, 7) is 0.0670. The molecule has 3 heterocycles. The largest absolute Gasteiger partial charge is 0.394 e. The van der Waals surface area contributed by atoms with Crippen LogP contribution >= 0.6 is 34.2 Å². The molecule has 164 valence electrons. The molecule has 0 unspecified atom stereocenters. The molecule has 1 fully saturated rings. The Balaban J connectivity index is 1.65. The van der Waals surface area contributed by atoms with Crippen LogP contribution in [-0.2, 0) is 11.3 Å². The van der Waals surface area contributed by atoms with E-state index in [1.54, 1.807) is 0 Å². The van der Waals surface area contributed by atoms with Crippen molar-refractivity contribution in [3.05, 3.63) is 45.0 Å². The molecule has 0 saturated carbocycles. The van der Waals surface area contributed by atoms with Gasteiger partial charge in [-0.05, 0) is 45.8 Å². The van der Waals surface area contributed by atoms with Gasteiger partial charge < -0.3 is 31.3 Å². The average Bonchev–Trinajstić information content (AvgIpc) is 3.28. The Labute approximate surface area is 195 Å². The Kier molecular flexibility index (Phi) is 6.43. The van der Waals surface area contributed by atoms with E-state index in [2.05, 4.69) is 48.2 Å². The maximum atomic E-state index is 11.3. The van der Waals surface area contributed by atoms with Crippen molar-refractivity contribution in [2.24, 2.45) is 5.73 Å². The second kappa shape index (κ2) is 9.08. The van der Waals surface area contributed by atoms with Gasteiger partial charge in [-0.15, -0.1) is 0 Å². The van der Waals surface area contributed by atoms with Crippen molar-refractivity contribution in [3.8, 4) is 0 Å². The van der Waals surface area contributed by atoms with Gasteiger partial charge in [0.05, 0.1) is 19.0 Å². The lowest BCUT2D eigenvalue weighted by atomic mass is 10.1. The molecule has 11 nitrogen and oxygen atoms in total. The van der Waals surface area contributed by atoms with Gasteiger partial charge in [-0.25, -0.2) is 9.78 Å². The maximum Gasteiger partial charge on any atom is 0.312 e. The number of ether oxygens (including phenoxy) is 1. The van der Waals surface area contributed by atoms with Crippen LogP contribution in [0, 0.1) is 3.57 Å². The van der Waals surface area contributed by atoms with Gasteiger partial charge in [-0.1, -0.05) is 18.2 Å². The first kappa shape index (κ1) is 22.0. The van der Waals surface area contributed by atoms with Crippen molar-refractivity contribution in [3.63, 3.8) is 0 Å². The highest BCUT2D eigenvalue weighted by atomic mass is 127. The number of hydrogen-bond acceptors (Lipinski definition) is 8. The number of hydrogen-bond donors (Lipinski definition) is 5. The summed E-state index contributed by atoms with van der Waals surface area (Å²) in [6.07, 6.45) is -1.62. The fraction of sp³-hybridized carbons (Fsp3) is 0.333. The second-order valence-electron chi connectivity index (χ2n) is 6.88. The number of primary amides is 1. The number of fused-ring (bicyclic) bond motifs is 1. The number of halogens is 2. The minimum Gasteiger partial charge on any atom is -0.394 e. The van der Waals surface area contributed by atoms with Crippen molar-refractivity contribution in [1.29, 1.82) is 0 Å². The third kappa shape index (κ3) is 4.39. The van der Waals surface area contributed by atoms with E-state index < -0.39 is 37.1 Å². The number of urea groups is 1. The third-order valence-electron chi connectivity index (χ3n) is 4.94. The van der Waals surface area contributed by atoms with Crippen molar-refractivity contribution in [2.75, 3.05) is 11.9 Å². The van der Waals surface area contributed by atoms with Crippen molar-refractivity contribution >= 4 is 57.2 Å². The fourth-order valence-electron chi connectivity index (χ4n) is 3.49. The maximum absolute atomic E-state index is 11.3. The number of nitrogens with zero attached hydrogens (tertiary/aromatic N) is 4. The number of aliphatic hydroxyl groups excluding tert-OH is 2. The van der Waals surface area contributed by atoms with Crippen LogP contribution in [0.1, 0.15) is 11.8 Å². The highest BCUT2D eigenvalue weighted by molar-refractivity contribution is 14.1. The molecule has 4 atom stereocenters. The highest BCUT2D eigenvalue weighted by Gasteiger charge is 2.45. The Morgan fingerprint density at radius 3 is 2.84 bits per heavy atom. The summed E-state index contributed by atoms with van der Waals surface area (Å²) in [5, 5.41) is 25.9. The zero-order valence-corrected chi connectivity index (χ0v) is 18.9. The van der Waals surface area contributed by atoms with Crippen LogP contribution in [0.25, 0.3) is 11.2 Å². The van der Waals surface area contributed by atoms with Gasteiger partial charge in [0, 0.05) is 10.1 Å². The lowest BCUT2D eigenvalue weighted by molar-refractivity contribution is -0.0489. The summed E-state index contributed by atoms with van der Waals surface area (Å²) in [4.78, 5) is 24.1. The molecule has 13 heteroatoms. The lowest BCUT2D eigenvalue weighted by Gasteiger charge is -2.19. The van der Waals surface area contributed by atoms with E-state index in [9.17, 15) is 15.0 Å². The molecule has 2 amide bonds. The number of amides is 2. The van der Waals surface area contributed by atoms with Crippen LogP contribution < -0.4 is 16.4 Å². The fourth-order valence-corrected chi connectivity index (χ4v) is 4.23. The summed E-state index contributed by atoms with van der Waals surface area (Å²) in [6, 6.07) is 6.16. The standard InChI is InChI=1S/C18H19ClIN7O4/c19-17-25-14(22-5-8-3-1-2-4-9(8)20)12-15(26-17)27(7-23-12)16-13(29)11(24-18(21)30)10(6-28)31-16/h1-4,7,10-11,13,16,28-29H,5-6H2,(H3,21,24,30)(H,22,25,26)/t10-,11-,13-,16-/m1/s1. The van der Waals surface area contributed by atoms with Crippen LogP contribution in [0.15, 0.2) is 30.6 Å². The lowest BCUT2D eigenvalue weighted by Crippen LogP contribution is -2.50. The molecule has 3 aromatic rings. The summed E-state index contributed by atoms with van der Waals surface area (Å²) in [7, 11) is 0. The number of aromatic nitrogens is 4. The minimum absolute atomic E-state index is 0.0162. The molecule has 0 aliphatic carbocycles. The van der Waals surface area contributed by atoms with Crippen molar-refractivity contribution in [2.45, 2.75) is 31.0 Å². The zero-order valence-electron chi connectivity index (χ0n) is 15.9. The Hall–Kier alpha value is -2.26. The topological polar surface area (TPSA) is 160 Å². The molecule has 6 N–H and O–H groups in total. The van der Waals surface area contributed by atoms with E-state index in [-0.39, 0.29) is 5.28 Å². The molecule has 31 heavy (non-hydrogen) atoms.